The molecule has 0 spiro atoms. The number of halogens is 3. The van der Waals surface area contributed by atoms with Crippen LogP contribution in [0.1, 0.15) is 16.7 Å². The first-order chi connectivity index (χ1) is 11.3. The van der Waals surface area contributed by atoms with Gasteiger partial charge in [-0.15, -0.1) is 0 Å². The lowest BCUT2D eigenvalue weighted by atomic mass is 10.1. The second-order valence-electron chi connectivity index (χ2n) is 5.46. The first-order valence-electron chi connectivity index (χ1n) is 7.36. The number of nitrogens with zero attached hydrogens (tertiary/aromatic N) is 1. The highest BCUT2D eigenvalue weighted by molar-refractivity contribution is 5.77. The van der Waals surface area contributed by atoms with Crippen LogP contribution in [-0.4, -0.2) is 24.5 Å². The first kappa shape index (κ1) is 17.8. The number of ether oxygens (including phenoxy) is 1. The molecule has 0 heterocycles. The van der Waals surface area contributed by atoms with E-state index in [0.717, 1.165) is 11.6 Å². The van der Waals surface area contributed by atoms with Crippen molar-refractivity contribution in [3.8, 4) is 5.75 Å². The Balaban J connectivity index is 2.01. The summed E-state index contributed by atoms with van der Waals surface area (Å²) in [4.78, 5) is 13.3. The minimum absolute atomic E-state index is 0.0525. The van der Waals surface area contributed by atoms with Gasteiger partial charge in [-0.2, -0.15) is 13.2 Å². The number of benzene rings is 2. The van der Waals surface area contributed by atoms with Crippen LogP contribution in [0.2, 0.25) is 0 Å². The van der Waals surface area contributed by atoms with Crippen molar-refractivity contribution in [2.45, 2.75) is 19.6 Å². The standard InChI is InChI=1S/C18H18F3NO2/c1-13-7-3-6-10-16(13)24-12-17(23)22(2)11-14-8-4-5-9-15(14)18(19,20)21/h3-10H,11-12H2,1-2H3. The third-order valence-electron chi connectivity index (χ3n) is 3.60. The molecule has 3 nitrogen and oxygen atoms in total. The van der Waals surface area contributed by atoms with Gasteiger partial charge in [-0.1, -0.05) is 36.4 Å². The van der Waals surface area contributed by atoms with Crippen molar-refractivity contribution in [3.63, 3.8) is 0 Å². The van der Waals surface area contributed by atoms with Gasteiger partial charge in [0.15, 0.2) is 6.61 Å². The van der Waals surface area contributed by atoms with Crippen LogP contribution in [0, 0.1) is 6.92 Å². The summed E-state index contributed by atoms with van der Waals surface area (Å²) in [6.45, 7) is 1.49. The van der Waals surface area contributed by atoms with Gasteiger partial charge in [-0.05, 0) is 30.2 Å². The molecule has 0 saturated heterocycles. The fraction of sp³-hybridized carbons (Fsp3) is 0.278. The fourth-order valence-corrected chi connectivity index (χ4v) is 2.25. The molecule has 0 aromatic heterocycles. The van der Waals surface area contributed by atoms with E-state index >= 15 is 0 Å². The highest BCUT2D eigenvalue weighted by Gasteiger charge is 2.33. The van der Waals surface area contributed by atoms with Crippen LogP contribution in [0.25, 0.3) is 0 Å². The Hall–Kier alpha value is -2.50. The first-order valence-corrected chi connectivity index (χ1v) is 7.36. The van der Waals surface area contributed by atoms with E-state index < -0.39 is 17.6 Å². The van der Waals surface area contributed by atoms with E-state index in [1.165, 1.54) is 30.1 Å². The average molecular weight is 337 g/mol. The van der Waals surface area contributed by atoms with Crippen LogP contribution >= 0.6 is 0 Å². The zero-order valence-corrected chi connectivity index (χ0v) is 13.4. The summed E-state index contributed by atoms with van der Waals surface area (Å²) in [5.74, 6) is 0.185. The predicted molar refractivity (Wildman–Crippen MR) is 84.6 cm³/mol. The van der Waals surface area contributed by atoms with Crippen molar-refractivity contribution in [1.29, 1.82) is 0 Å². The lowest BCUT2D eigenvalue weighted by molar-refractivity contribution is -0.140. The van der Waals surface area contributed by atoms with Crippen molar-refractivity contribution >= 4 is 5.91 Å². The molecular formula is C18H18F3NO2. The molecule has 2 rings (SSSR count). The quantitative estimate of drug-likeness (QED) is 0.824. The van der Waals surface area contributed by atoms with Gasteiger partial charge in [-0.3, -0.25) is 4.79 Å². The highest BCUT2D eigenvalue weighted by atomic mass is 19.4. The van der Waals surface area contributed by atoms with E-state index in [1.54, 1.807) is 12.1 Å². The Labute approximate surface area is 138 Å². The summed E-state index contributed by atoms with van der Waals surface area (Å²) < 4.78 is 44.4. The molecule has 0 bridgehead atoms. The smallest absolute Gasteiger partial charge is 0.416 e. The average Bonchev–Trinajstić information content (AvgIpc) is 2.53. The Bertz CT molecular complexity index is 713. The second-order valence-corrected chi connectivity index (χ2v) is 5.46. The number of para-hydroxylation sites is 1. The molecule has 128 valence electrons. The third kappa shape index (κ3) is 4.50. The topological polar surface area (TPSA) is 29.5 Å². The molecule has 0 aliphatic heterocycles. The van der Waals surface area contributed by atoms with Crippen molar-refractivity contribution in [2.75, 3.05) is 13.7 Å². The van der Waals surface area contributed by atoms with Crippen molar-refractivity contribution < 1.29 is 22.7 Å². The van der Waals surface area contributed by atoms with Crippen LogP contribution < -0.4 is 4.74 Å². The fourth-order valence-electron chi connectivity index (χ4n) is 2.25. The summed E-state index contributed by atoms with van der Waals surface area (Å²) in [7, 11) is 1.46. The van der Waals surface area contributed by atoms with Gasteiger partial charge in [0.05, 0.1) is 5.56 Å². The molecule has 2 aromatic rings. The second kappa shape index (κ2) is 7.38. The number of aryl methyl sites for hydroxylation is 1. The molecule has 0 aliphatic carbocycles. The van der Waals surface area contributed by atoms with Gasteiger partial charge >= 0.3 is 6.18 Å². The monoisotopic (exact) mass is 337 g/mol. The third-order valence-corrected chi connectivity index (χ3v) is 3.60. The molecule has 0 radical (unpaired) electrons. The summed E-state index contributed by atoms with van der Waals surface area (Å²) in [5, 5.41) is 0. The normalized spacial score (nSPS) is 11.2. The van der Waals surface area contributed by atoms with Crippen LogP contribution in [0.4, 0.5) is 13.2 Å². The van der Waals surface area contributed by atoms with Crippen molar-refractivity contribution in [1.82, 2.24) is 4.90 Å². The lowest BCUT2D eigenvalue weighted by Gasteiger charge is -2.20. The van der Waals surface area contributed by atoms with Crippen LogP contribution in [-0.2, 0) is 17.5 Å². The van der Waals surface area contributed by atoms with Crippen LogP contribution in [0.3, 0.4) is 0 Å². The van der Waals surface area contributed by atoms with E-state index in [2.05, 4.69) is 0 Å². The van der Waals surface area contributed by atoms with Crippen LogP contribution in [0.5, 0.6) is 5.75 Å². The summed E-state index contributed by atoms with van der Waals surface area (Å²) >= 11 is 0. The number of hydrogen-bond donors (Lipinski definition) is 0. The van der Waals surface area contributed by atoms with Gasteiger partial charge in [-0.25, -0.2) is 0 Å². The molecule has 0 saturated carbocycles. The molecular weight excluding hydrogens is 319 g/mol. The van der Waals surface area contributed by atoms with Gasteiger partial charge in [0, 0.05) is 13.6 Å². The minimum atomic E-state index is -4.45. The van der Waals surface area contributed by atoms with Crippen molar-refractivity contribution in [2.24, 2.45) is 0 Å². The van der Waals surface area contributed by atoms with Gasteiger partial charge in [0.2, 0.25) is 0 Å². The maximum atomic E-state index is 13.0. The number of carbonyl (C=O) groups excluding carboxylic acids is 1. The lowest BCUT2D eigenvalue weighted by Crippen LogP contribution is -2.31. The molecule has 0 atom stereocenters. The SMILES string of the molecule is Cc1ccccc1OCC(=O)N(C)Cc1ccccc1C(F)(F)F. The number of rotatable bonds is 5. The Kier molecular flexibility index (Phi) is 5.49. The van der Waals surface area contributed by atoms with Crippen LogP contribution in [0.15, 0.2) is 48.5 Å². The molecule has 0 unspecified atom stereocenters. The van der Waals surface area contributed by atoms with Crippen molar-refractivity contribution in [3.05, 3.63) is 65.2 Å². The van der Waals surface area contributed by atoms with Gasteiger partial charge in [0.1, 0.15) is 5.75 Å². The Morgan fingerprint density at radius 2 is 1.71 bits per heavy atom. The highest BCUT2D eigenvalue weighted by Crippen LogP contribution is 2.32. The predicted octanol–water partition coefficient (Wildman–Crippen LogP) is 4.05. The molecule has 6 heteroatoms. The maximum absolute atomic E-state index is 13.0. The molecule has 1 amide bonds. The number of alkyl halides is 3. The number of likely N-dealkylation sites (N-methyl/N-ethyl adjacent to an activating group) is 1. The summed E-state index contributed by atoms with van der Waals surface area (Å²) in [6, 6.07) is 12.5. The largest absolute Gasteiger partial charge is 0.484 e. The zero-order chi connectivity index (χ0) is 17.7. The number of hydrogen-bond acceptors (Lipinski definition) is 2. The van der Waals surface area contributed by atoms with Gasteiger partial charge in [0.25, 0.3) is 5.91 Å². The molecule has 2 aromatic carbocycles. The van der Waals surface area contributed by atoms with E-state index in [0.29, 0.717) is 5.75 Å². The summed E-state index contributed by atoms with van der Waals surface area (Å²) in [6.07, 6.45) is -4.45. The maximum Gasteiger partial charge on any atom is 0.416 e. The van der Waals surface area contributed by atoms with E-state index in [9.17, 15) is 18.0 Å². The Morgan fingerprint density at radius 1 is 1.08 bits per heavy atom. The molecule has 24 heavy (non-hydrogen) atoms. The molecule has 0 fully saturated rings. The Morgan fingerprint density at radius 3 is 2.38 bits per heavy atom. The molecule has 0 N–H and O–H groups in total. The minimum Gasteiger partial charge on any atom is -0.484 e. The summed E-state index contributed by atoms with van der Waals surface area (Å²) in [5.41, 5.74) is 0.205. The number of amides is 1. The van der Waals surface area contributed by atoms with E-state index in [-0.39, 0.29) is 18.7 Å². The van der Waals surface area contributed by atoms with Gasteiger partial charge < -0.3 is 9.64 Å². The van der Waals surface area contributed by atoms with E-state index in [1.807, 2.05) is 19.1 Å². The van der Waals surface area contributed by atoms with E-state index in [4.69, 9.17) is 4.74 Å². The number of carbonyl (C=O) groups is 1. The molecule has 0 aliphatic rings. The zero-order valence-electron chi connectivity index (χ0n) is 13.4.